The van der Waals surface area contributed by atoms with Crippen LogP contribution >= 0.6 is 11.8 Å². The quantitative estimate of drug-likeness (QED) is 0.563. The van der Waals surface area contributed by atoms with Gasteiger partial charge in [-0.25, -0.2) is 0 Å². The van der Waals surface area contributed by atoms with Crippen LogP contribution in [0.1, 0.15) is 34.3 Å². The molecule has 6 heteroatoms. The second-order valence-electron chi connectivity index (χ2n) is 6.40. The number of aldehydes is 1. The largest absolute Gasteiger partial charge is 0.359 e. The fourth-order valence-corrected chi connectivity index (χ4v) is 4.20. The van der Waals surface area contributed by atoms with Gasteiger partial charge >= 0.3 is 0 Å². The molecule has 0 saturated carbocycles. The van der Waals surface area contributed by atoms with E-state index in [4.69, 9.17) is 0 Å². The lowest BCUT2D eigenvalue weighted by molar-refractivity contribution is -0.121. The second-order valence-corrected chi connectivity index (χ2v) is 7.42. The molecule has 1 aliphatic rings. The highest BCUT2D eigenvalue weighted by Gasteiger charge is 2.34. The third-order valence-corrected chi connectivity index (χ3v) is 5.86. The van der Waals surface area contributed by atoms with Crippen LogP contribution in [0.2, 0.25) is 0 Å². The molecule has 0 fully saturated rings. The molecule has 1 unspecified atom stereocenters. The van der Waals surface area contributed by atoms with Crippen LogP contribution in [-0.2, 0) is 21.9 Å². The van der Waals surface area contributed by atoms with Crippen molar-refractivity contribution in [2.24, 2.45) is 0 Å². The van der Waals surface area contributed by atoms with E-state index < -0.39 is 6.04 Å². The zero-order valence-electron chi connectivity index (χ0n) is 15.2. The SMILES string of the molecule is CNC(=O)CCC(C=O)N1Cc2c(SCc3ccccc3)cccc2C1=O. The summed E-state index contributed by atoms with van der Waals surface area (Å²) in [7, 11) is 1.56. The lowest BCUT2D eigenvalue weighted by Gasteiger charge is -2.22. The van der Waals surface area contributed by atoms with Gasteiger partial charge in [-0.2, -0.15) is 0 Å². The number of nitrogens with zero attached hydrogens (tertiary/aromatic N) is 1. The molecule has 0 aromatic heterocycles. The van der Waals surface area contributed by atoms with Crippen molar-refractivity contribution in [2.75, 3.05) is 7.05 Å². The van der Waals surface area contributed by atoms with Gasteiger partial charge in [0.25, 0.3) is 5.91 Å². The van der Waals surface area contributed by atoms with Crippen LogP contribution in [0.5, 0.6) is 0 Å². The highest BCUT2D eigenvalue weighted by molar-refractivity contribution is 7.98. The van der Waals surface area contributed by atoms with Crippen LogP contribution in [0.25, 0.3) is 0 Å². The maximum atomic E-state index is 12.8. The zero-order valence-corrected chi connectivity index (χ0v) is 16.0. The Kier molecular flexibility index (Phi) is 6.29. The number of carbonyl (C=O) groups is 3. The molecule has 2 amide bonds. The molecule has 0 bridgehead atoms. The van der Waals surface area contributed by atoms with Crippen molar-refractivity contribution in [3.63, 3.8) is 0 Å². The average Bonchev–Trinajstić information content (AvgIpc) is 3.05. The van der Waals surface area contributed by atoms with Crippen molar-refractivity contribution in [1.82, 2.24) is 10.2 Å². The Balaban J connectivity index is 1.74. The van der Waals surface area contributed by atoms with Gasteiger partial charge in [0.05, 0.1) is 6.04 Å². The summed E-state index contributed by atoms with van der Waals surface area (Å²) >= 11 is 1.69. The lowest BCUT2D eigenvalue weighted by Crippen LogP contribution is -2.37. The van der Waals surface area contributed by atoms with Crippen LogP contribution in [0.15, 0.2) is 53.4 Å². The topological polar surface area (TPSA) is 66.5 Å². The van der Waals surface area contributed by atoms with Crippen LogP contribution < -0.4 is 5.32 Å². The van der Waals surface area contributed by atoms with E-state index in [0.717, 1.165) is 22.5 Å². The van der Waals surface area contributed by atoms with E-state index in [-0.39, 0.29) is 18.2 Å². The molecule has 140 valence electrons. The number of hydrogen-bond donors (Lipinski definition) is 1. The monoisotopic (exact) mass is 382 g/mol. The first-order valence-corrected chi connectivity index (χ1v) is 9.88. The molecule has 3 rings (SSSR count). The Morgan fingerprint density at radius 1 is 1.22 bits per heavy atom. The summed E-state index contributed by atoms with van der Waals surface area (Å²) in [6.07, 6.45) is 1.31. The summed E-state index contributed by atoms with van der Waals surface area (Å²) in [4.78, 5) is 38.5. The van der Waals surface area contributed by atoms with Crippen LogP contribution in [0, 0.1) is 0 Å². The number of nitrogens with one attached hydrogen (secondary N) is 1. The number of thioether (sulfide) groups is 1. The molecule has 0 radical (unpaired) electrons. The van der Waals surface area contributed by atoms with Crippen molar-refractivity contribution in [2.45, 2.75) is 36.1 Å². The van der Waals surface area contributed by atoms with Crippen molar-refractivity contribution in [3.8, 4) is 0 Å². The molecule has 0 aliphatic carbocycles. The number of fused-ring (bicyclic) bond motifs is 1. The summed E-state index contributed by atoms with van der Waals surface area (Å²) in [6.45, 7) is 0.406. The Morgan fingerprint density at radius 3 is 2.70 bits per heavy atom. The molecule has 1 aliphatic heterocycles. The van der Waals surface area contributed by atoms with Crippen molar-refractivity contribution in [3.05, 3.63) is 65.2 Å². The summed E-state index contributed by atoms with van der Waals surface area (Å²) in [5, 5.41) is 2.54. The predicted molar refractivity (Wildman–Crippen MR) is 105 cm³/mol. The zero-order chi connectivity index (χ0) is 19.2. The number of amides is 2. The Hall–Kier alpha value is -2.60. The summed E-state index contributed by atoms with van der Waals surface area (Å²) in [6, 6.07) is 15.3. The molecular weight excluding hydrogens is 360 g/mol. The smallest absolute Gasteiger partial charge is 0.255 e. The minimum atomic E-state index is -0.589. The molecule has 2 aromatic rings. The summed E-state index contributed by atoms with van der Waals surface area (Å²) in [5.74, 6) is 0.547. The maximum Gasteiger partial charge on any atom is 0.255 e. The molecule has 1 heterocycles. The van der Waals surface area contributed by atoms with E-state index in [1.807, 2.05) is 36.4 Å². The molecule has 0 saturated heterocycles. The van der Waals surface area contributed by atoms with Gasteiger partial charge < -0.3 is 15.0 Å². The first-order chi connectivity index (χ1) is 13.1. The fraction of sp³-hybridized carbons (Fsp3) is 0.286. The molecular formula is C21H22N2O3S. The summed E-state index contributed by atoms with van der Waals surface area (Å²) in [5.41, 5.74) is 2.84. The Bertz CT molecular complexity index is 839. The molecule has 27 heavy (non-hydrogen) atoms. The van der Waals surface area contributed by atoms with Gasteiger partial charge in [-0.15, -0.1) is 11.8 Å². The first-order valence-electron chi connectivity index (χ1n) is 8.89. The van der Waals surface area contributed by atoms with E-state index in [0.29, 0.717) is 18.5 Å². The number of hydrogen-bond acceptors (Lipinski definition) is 4. The van der Waals surface area contributed by atoms with E-state index in [1.165, 1.54) is 5.56 Å². The number of benzene rings is 2. The van der Waals surface area contributed by atoms with Gasteiger partial charge in [-0.1, -0.05) is 36.4 Å². The minimum Gasteiger partial charge on any atom is -0.359 e. The van der Waals surface area contributed by atoms with E-state index in [9.17, 15) is 14.4 Å². The van der Waals surface area contributed by atoms with Crippen molar-refractivity contribution >= 4 is 29.9 Å². The molecule has 1 atom stereocenters. The van der Waals surface area contributed by atoms with Gasteiger partial charge in [0.15, 0.2) is 0 Å². The van der Waals surface area contributed by atoms with Gasteiger partial charge in [-0.3, -0.25) is 9.59 Å². The summed E-state index contributed by atoms with van der Waals surface area (Å²) < 4.78 is 0. The molecule has 1 N–H and O–H groups in total. The highest BCUT2D eigenvalue weighted by Crippen LogP contribution is 2.34. The highest BCUT2D eigenvalue weighted by atomic mass is 32.2. The third-order valence-electron chi connectivity index (χ3n) is 4.69. The number of rotatable bonds is 8. The standard InChI is InChI=1S/C21H22N2O3S/c1-22-20(25)11-10-16(13-24)23-12-18-17(21(23)26)8-5-9-19(18)27-14-15-6-3-2-4-7-15/h2-9,13,16H,10-12,14H2,1H3,(H,22,25). The average molecular weight is 382 g/mol. The third kappa shape index (κ3) is 4.39. The number of carbonyl (C=O) groups excluding carboxylic acids is 3. The van der Waals surface area contributed by atoms with E-state index in [1.54, 1.807) is 23.7 Å². The van der Waals surface area contributed by atoms with Gasteiger partial charge in [0.1, 0.15) is 6.29 Å². The predicted octanol–water partition coefficient (Wildman–Crippen LogP) is 3.03. The normalized spacial score (nSPS) is 14.0. The van der Waals surface area contributed by atoms with Crippen LogP contribution in [-0.4, -0.2) is 36.1 Å². The Morgan fingerprint density at radius 2 is 2.00 bits per heavy atom. The molecule has 0 spiro atoms. The van der Waals surface area contributed by atoms with Crippen LogP contribution in [0.4, 0.5) is 0 Å². The second kappa shape index (κ2) is 8.86. The van der Waals surface area contributed by atoms with E-state index >= 15 is 0 Å². The van der Waals surface area contributed by atoms with Gasteiger partial charge in [0.2, 0.25) is 5.91 Å². The first kappa shape index (κ1) is 19.2. The van der Waals surface area contributed by atoms with Crippen molar-refractivity contribution < 1.29 is 14.4 Å². The Labute approximate surface area is 163 Å². The van der Waals surface area contributed by atoms with E-state index in [2.05, 4.69) is 17.4 Å². The van der Waals surface area contributed by atoms with Gasteiger partial charge in [0, 0.05) is 36.2 Å². The minimum absolute atomic E-state index is 0.134. The lowest BCUT2D eigenvalue weighted by atomic mass is 10.1. The van der Waals surface area contributed by atoms with Crippen molar-refractivity contribution in [1.29, 1.82) is 0 Å². The molecule has 5 nitrogen and oxygen atoms in total. The molecule has 2 aromatic carbocycles. The maximum absolute atomic E-state index is 12.8. The fourth-order valence-electron chi connectivity index (χ4n) is 3.17. The van der Waals surface area contributed by atoms with Gasteiger partial charge in [-0.05, 0) is 29.7 Å². The van der Waals surface area contributed by atoms with Crippen LogP contribution in [0.3, 0.4) is 0 Å².